The van der Waals surface area contributed by atoms with Crippen molar-refractivity contribution >= 4 is 16.7 Å². The van der Waals surface area contributed by atoms with Gasteiger partial charge in [-0.15, -0.1) is 0 Å². The van der Waals surface area contributed by atoms with Gasteiger partial charge in [-0.1, -0.05) is 57.2 Å². The molecule has 1 aliphatic heterocycles. The normalized spacial score (nSPS) is 17.5. The molecule has 1 heterocycles. The van der Waals surface area contributed by atoms with Crippen molar-refractivity contribution in [2.45, 2.75) is 83.5 Å². The molecule has 0 aliphatic carbocycles. The molecule has 0 saturated carbocycles. The molecule has 1 fully saturated rings. The van der Waals surface area contributed by atoms with Crippen LogP contribution in [0.3, 0.4) is 0 Å². The molecule has 4 nitrogen and oxygen atoms in total. The standard InChI is InChI=1S/C25H33F3N2O2/c1-4-5-6-7-8-9-14-32-21-13-12-18-15-20(11-10-19(18)16-21)23(25(26,27)28)30-24(2,3)17-22(31)29-30/h10-13,15-16,23H,4-9,14,17H2,1-3H3,(H,29,31). The molecule has 1 amide bonds. The lowest BCUT2D eigenvalue weighted by Crippen LogP contribution is -2.51. The minimum Gasteiger partial charge on any atom is -0.494 e. The van der Waals surface area contributed by atoms with Crippen molar-refractivity contribution in [1.82, 2.24) is 10.4 Å². The Morgan fingerprint density at radius 1 is 1.03 bits per heavy atom. The van der Waals surface area contributed by atoms with E-state index >= 15 is 0 Å². The van der Waals surface area contributed by atoms with Gasteiger partial charge in [0.1, 0.15) is 5.75 Å². The Balaban J connectivity index is 1.73. The molecular weight excluding hydrogens is 417 g/mol. The number of nitrogens with one attached hydrogen (secondary N) is 1. The molecule has 0 aromatic heterocycles. The average Bonchev–Trinajstić information content (AvgIpc) is 2.98. The van der Waals surface area contributed by atoms with Gasteiger partial charge in [-0.25, -0.2) is 0 Å². The maximum Gasteiger partial charge on any atom is 0.409 e. The van der Waals surface area contributed by atoms with E-state index < -0.39 is 23.7 Å². The number of ether oxygens (including phenoxy) is 1. The van der Waals surface area contributed by atoms with Crippen LogP contribution in [0.2, 0.25) is 0 Å². The predicted molar refractivity (Wildman–Crippen MR) is 120 cm³/mol. The van der Waals surface area contributed by atoms with E-state index in [2.05, 4.69) is 12.3 Å². The van der Waals surface area contributed by atoms with Crippen LogP contribution in [0.15, 0.2) is 36.4 Å². The van der Waals surface area contributed by atoms with Gasteiger partial charge in [-0.05, 0) is 54.8 Å². The van der Waals surface area contributed by atoms with E-state index in [4.69, 9.17) is 4.74 Å². The summed E-state index contributed by atoms with van der Waals surface area (Å²) in [5.41, 5.74) is 1.56. The average molecular weight is 451 g/mol. The van der Waals surface area contributed by atoms with Crippen molar-refractivity contribution in [2.75, 3.05) is 6.61 Å². The number of carbonyl (C=O) groups is 1. The number of halogens is 3. The molecular formula is C25H33F3N2O2. The number of carbonyl (C=O) groups excluding carboxylic acids is 1. The number of hydrogen-bond acceptors (Lipinski definition) is 3. The second kappa shape index (κ2) is 10.1. The lowest BCUT2D eigenvalue weighted by atomic mass is 9.95. The Labute approximate surface area is 188 Å². The zero-order valence-corrected chi connectivity index (χ0v) is 19.1. The van der Waals surface area contributed by atoms with Crippen molar-refractivity contribution in [1.29, 1.82) is 0 Å². The number of hydrogen-bond donors (Lipinski definition) is 1. The van der Waals surface area contributed by atoms with Crippen LogP contribution in [0.1, 0.15) is 77.3 Å². The Morgan fingerprint density at radius 3 is 2.34 bits per heavy atom. The first kappa shape index (κ1) is 24.4. The number of fused-ring (bicyclic) bond motifs is 1. The van der Waals surface area contributed by atoms with Gasteiger partial charge in [0.2, 0.25) is 5.91 Å². The Hall–Kier alpha value is -2.28. The van der Waals surface area contributed by atoms with E-state index in [-0.39, 0.29) is 12.0 Å². The van der Waals surface area contributed by atoms with Gasteiger partial charge in [0.05, 0.1) is 6.61 Å². The third-order valence-corrected chi connectivity index (χ3v) is 5.98. The van der Waals surface area contributed by atoms with Crippen molar-refractivity contribution in [3.63, 3.8) is 0 Å². The van der Waals surface area contributed by atoms with Crippen LogP contribution in [-0.2, 0) is 4.79 Å². The molecule has 0 bridgehead atoms. The number of nitrogens with zero attached hydrogens (tertiary/aromatic N) is 1. The summed E-state index contributed by atoms with van der Waals surface area (Å²) in [6.07, 6.45) is 2.58. The molecule has 2 aromatic rings. The van der Waals surface area contributed by atoms with Gasteiger partial charge in [0.15, 0.2) is 6.04 Å². The van der Waals surface area contributed by atoms with Crippen LogP contribution in [0, 0.1) is 0 Å². The largest absolute Gasteiger partial charge is 0.494 e. The quantitative estimate of drug-likeness (QED) is 0.410. The van der Waals surface area contributed by atoms with Crippen LogP contribution in [0.25, 0.3) is 10.8 Å². The topological polar surface area (TPSA) is 41.6 Å². The fourth-order valence-corrected chi connectivity index (χ4v) is 4.28. The molecule has 1 saturated heterocycles. The molecule has 0 spiro atoms. The second-order valence-electron chi connectivity index (χ2n) is 9.22. The van der Waals surface area contributed by atoms with E-state index in [1.807, 2.05) is 6.07 Å². The van der Waals surface area contributed by atoms with E-state index in [1.165, 1.54) is 31.7 Å². The molecule has 176 valence electrons. The van der Waals surface area contributed by atoms with Gasteiger partial charge in [-0.2, -0.15) is 18.2 Å². The predicted octanol–water partition coefficient (Wildman–Crippen LogP) is 6.70. The van der Waals surface area contributed by atoms with Crippen molar-refractivity contribution < 1.29 is 22.7 Å². The van der Waals surface area contributed by atoms with Crippen LogP contribution in [0.4, 0.5) is 13.2 Å². The molecule has 2 aromatic carbocycles. The maximum absolute atomic E-state index is 14.1. The molecule has 1 atom stereocenters. The first-order chi connectivity index (χ1) is 15.1. The van der Waals surface area contributed by atoms with Crippen LogP contribution in [0.5, 0.6) is 5.75 Å². The fraction of sp³-hybridized carbons (Fsp3) is 0.560. The third-order valence-electron chi connectivity index (χ3n) is 5.98. The van der Waals surface area contributed by atoms with Crippen molar-refractivity contribution in [2.24, 2.45) is 0 Å². The van der Waals surface area contributed by atoms with Crippen molar-refractivity contribution in [3.05, 3.63) is 42.0 Å². The Kier molecular flexibility index (Phi) is 7.70. The van der Waals surface area contributed by atoms with Crippen LogP contribution < -0.4 is 10.2 Å². The van der Waals surface area contributed by atoms with Gasteiger partial charge in [0.25, 0.3) is 0 Å². The van der Waals surface area contributed by atoms with Crippen LogP contribution in [-0.4, -0.2) is 29.2 Å². The zero-order valence-electron chi connectivity index (χ0n) is 19.1. The van der Waals surface area contributed by atoms with E-state index in [0.29, 0.717) is 12.0 Å². The molecule has 1 aliphatic rings. The summed E-state index contributed by atoms with van der Waals surface area (Å²) in [4.78, 5) is 11.8. The van der Waals surface area contributed by atoms with Crippen LogP contribution >= 0.6 is 0 Å². The number of alkyl halides is 3. The highest BCUT2D eigenvalue weighted by atomic mass is 19.4. The number of amides is 1. The molecule has 7 heteroatoms. The molecule has 0 radical (unpaired) electrons. The Bertz CT molecular complexity index is 927. The second-order valence-corrected chi connectivity index (χ2v) is 9.22. The highest BCUT2D eigenvalue weighted by molar-refractivity contribution is 5.85. The third kappa shape index (κ3) is 5.94. The van der Waals surface area contributed by atoms with E-state index in [9.17, 15) is 18.0 Å². The zero-order chi connectivity index (χ0) is 23.4. The highest BCUT2D eigenvalue weighted by Crippen LogP contribution is 2.43. The molecule has 32 heavy (non-hydrogen) atoms. The first-order valence-corrected chi connectivity index (χ1v) is 11.4. The molecule has 1 N–H and O–H groups in total. The summed E-state index contributed by atoms with van der Waals surface area (Å²) in [6, 6.07) is 8.25. The minimum absolute atomic E-state index is 0.0203. The van der Waals surface area contributed by atoms with Crippen molar-refractivity contribution in [3.8, 4) is 5.75 Å². The number of benzene rings is 2. The maximum atomic E-state index is 14.1. The molecule has 3 rings (SSSR count). The lowest BCUT2D eigenvalue weighted by molar-refractivity contribution is -0.203. The lowest BCUT2D eigenvalue weighted by Gasteiger charge is -2.38. The summed E-state index contributed by atoms with van der Waals surface area (Å²) in [7, 11) is 0. The van der Waals surface area contributed by atoms with E-state index in [0.717, 1.165) is 29.0 Å². The number of hydrazine groups is 1. The molecule has 1 unspecified atom stereocenters. The van der Waals surface area contributed by atoms with E-state index in [1.54, 1.807) is 38.1 Å². The highest BCUT2D eigenvalue weighted by Gasteiger charge is 2.52. The fourth-order valence-electron chi connectivity index (χ4n) is 4.28. The van der Waals surface area contributed by atoms with Gasteiger partial charge >= 0.3 is 6.18 Å². The summed E-state index contributed by atoms with van der Waals surface area (Å²) in [5.74, 6) is 0.316. The smallest absolute Gasteiger partial charge is 0.409 e. The SMILES string of the molecule is CCCCCCCCOc1ccc2cc(C(N3NC(=O)CC3(C)C)C(F)(F)F)ccc2c1. The van der Waals surface area contributed by atoms with Gasteiger partial charge in [-0.3, -0.25) is 10.2 Å². The summed E-state index contributed by atoms with van der Waals surface area (Å²) in [5, 5.41) is 2.56. The number of rotatable bonds is 10. The summed E-state index contributed by atoms with van der Waals surface area (Å²) < 4.78 is 48.0. The van der Waals surface area contributed by atoms with Gasteiger partial charge in [0, 0.05) is 12.0 Å². The monoisotopic (exact) mass is 450 g/mol. The summed E-state index contributed by atoms with van der Waals surface area (Å²) >= 11 is 0. The first-order valence-electron chi connectivity index (χ1n) is 11.4. The van der Waals surface area contributed by atoms with Gasteiger partial charge < -0.3 is 4.74 Å². The minimum atomic E-state index is -4.54. The Morgan fingerprint density at radius 2 is 1.69 bits per heavy atom. The summed E-state index contributed by atoms with van der Waals surface area (Å²) in [6.45, 7) is 6.10. The number of unbranched alkanes of at least 4 members (excludes halogenated alkanes) is 5.